The molecule has 1 aliphatic carbocycles. The van der Waals surface area contributed by atoms with Crippen LogP contribution in [0.3, 0.4) is 0 Å². The van der Waals surface area contributed by atoms with Crippen LogP contribution in [-0.2, 0) is 26.6 Å². The Labute approximate surface area is 129 Å². The maximum atomic E-state index is 12.8. The van der Waals surface area contributed by atoms with Gasteiger partial charge in [0.15, 0.2) is 0 Å². The molecule has 3 amide bonds. The smallest absolute Gasteiger partial charge is 0.319 e. The number of carbonyl (C=O) groups excluding carboxylic acids is 2. The Morgan fingerprint density at radius 3 is 2.73 bits per heavy atom. The van der Waals surface area contributed by atoms with E-state index in [1.54, 1.807) is 0 Å². The third-order valence-corrected chi connectivity index (χ3v) is 5.26. The number of urea groups is 1. The quantitative estimate of drug-likeness (QED) is 0.835. The molecule has 1 unspecified atom stereocenters. The molecule has 118 valence electrons. The molecule has 1 aromatic rings. The first-order valence-electron chi connectivity index (χ1n) is 7.24. The molecule has 22 heavy (non-hydrogen) atoms. The molecule has 0 radical (unpaired) electrons. The van der Waals surface area contributed by atoms with Gasteiger partial charge in [-0.3, -0.25) is 9.69 Å². The van der Waals surface area contributed by atoms with Crippen molar-refractivity contribution in [2.24, 2.45) is 0 Å². The fourth-order valence-corrected chi connectivity index (χ4v) is 3.79. The molecule has 0 bridgehead atoms. The van der Waals surface area contributed by atoms with Crippen molar-refractivity contribution in [3.8, 4) is 0 Å². The van der Waals surface area contributed by atoms with E-state index in [4.69, 9.17) is 0 Å². The summed E-state index contributed by atoms with van der Waals surface area (Å²) in [6.45, 7) is -0.104. The predicted octanol–water partition coefficient (Wildman–Crippen LogP) is 0.815. The van der Waals surface area contributed by atoms with Crippen molar-refractivity contribution in [1.82, 2.24) is 10.2 Å². The highest BCUT2D eigenvalue weighted by Gasteiger charge is 2.53. The lowest BCUT2D eigenvalue weighted by Gasteiger charge is -2.33. The SMILES string of the molecule is CS(=O)(=O)CCN1C(=O)NC2(CCCc3ccccc32)C1=O. The Bertz CT molecular complexity index is 744. The summed E-state index contributed by atoms with van der Waals surface area (Å²) in [4.78, 5) is 26.0. The van der Waals surface area contributed by atoms with Gasteiger partial charge in [-0.1, -0.05) is 24.3 Å². The van der Waals surface area contributed by atoms with Gasteiger partial charge in [-0.05, 0) is 30.4 Å². The molecule has 1 N–H and O–H groups in total. The lowest BCUT2D eigenvalue weighted by Crippen LogP contribution is -2.46. The van der Waals surface area contributed by atoms with Crippen LogP contribution in [0.15, 0.2) is 24.3 Å². The highest BCUT2D eigenvalue weighted by molar-refractivity contribution is 7.90. The third kappa shape index (κ3) is 2.39. The number of aryl methyl sites for hydroxylation is 1. The van der Waals surface area contributed by atoms with Gasteiger partial charge in [0.1, 0.15) is 15.4 Å². The molecule has 2 aliphatic rings. The van der Waals surface area contributed by atoms with Crippen LogP contribution in [-0.4, -0.2) is 43.8 Å². The number of sulfone groups is 1. The summed E-state index contributed by atoms with van der Waals surface area (Å²) in [5, 5.41) is 2.80. The van der Waals surface area contributed by atoms with E-state index in [2.05, 4.69) is 5.32 Å². The molecular formula is C15H18N2O4S. The van der Waals surface area contributed by atoms with Gasteiger partial charge in [-0.15, -0.1) is 0 Å². The molecule has 7 heteroatoms. The van der Waals surface area contributed by atoms with Crippen molar-refractivity contribution in [2.45, 2.75) is 24.8 Å². The van der Waals surface area contributed by atoms with Crippen molar-refractivity contribution in [1.29, 1.82) is 0 Å². The number of nitrogens with zero attached hydrogens (tertiary/aromatic N) is 1. The summed E-state index contributed by atoms with van der Waals surface area (Å²) in [7, 11) is -3.24. The number of amides is 3. The average molecular weight is 322 g/mol. The molecule has 6 nitrogen and oxygen atoms in total. The number of carbonyl (C=O) groups is 2. The van der Waals surface area contributed by atoms with Gasteiger partial charge in [0.25, 0.3) is 5.91 Å². The molecule has 1 saturated heterocycles. The second-order valence-electron chi connectivity index (χ2n) is 5.93. The average Bonchev–Trinajstić information content (AvgIpc) is 2.68. The molecule has 0 aromatic heterocycles. The lowest BCUT2D eigenvalue weighted by atomic mass is 9.76. The predicted molar refractivity (Wildman–Crippen MR) is 81.0 cm³/mol. The first kappa shape index (κ1) is 15.0. The second kappa shape index (κ2) is 5.08. The van der Waals surface area contributed by atoms with Crippen LogP contribution in [0.5, 0.6) is 0 Å². The van der Waals surface area contributed by atoms with Crippen molar-refractivity contribution in [2.75, 3.05) is 18.6 Å². The number of fused-ring (bicyclic) bond motifs is 2. The summed E-state index contributed by atoms with van der Waals surface area (Å²) in [6.07, 6.45) is 3.33. The van der Waals surface area contributed by atoms with Gasteiger partial charge in [0, 0.05) is 12.8 Å². The molecule has 3 rings (SSSR count). The fraction of sp³-hybridized carbons (Fsp3) is 0.467. The number of hydrogen-bond donors (Lipinski definition) is 1. The van der Waals surface area contributed by atoms with Crippen LogP contribution in [0.1, 0.15) is 24.0 Å². The van der Waals surface area contributed by atoms with Crippen molar-refractivity contribution < 1.29 is 18.0 Å². The minimum absolute atomic E-state index is 0.104. The molecule has 1 atom stereocenters. The van der Waals surface area contributed by atoms with Crippen LogP contribution < -0.4 is 5.32 Å². The van der Waals surface area contributed by atoms with E-state index >= 15 is 0 Å². The zero-order valence-corrected chi connectivity index (χ0v) is 13.1. The molecule has 1 spiro atoms. The van der Waals surface area contributed by atoms with Gasteiger partial charge in [-0.25, -0.2) is 13.2 Å². The first-order chi connectivity index (χ1) is 10.3. The molecule has 1 aliphatic heterocycles. The minimum Gasteiger partial charge on any atom is -0.319 e. The van der Waals surface area contributed by atoms with E-state index in [0.717, 1.165) is 35.1 Å². The maximum absolute atomic E-state index is 12.8. The molecule has 1 fully saturated rings. The summed E-state index contributed by atoms with van der Waals surface area (Å²) >= 11 is 0. The van der Waals surface area contributed by atoms with Gasteiger partial charge in [-0.2, -0.15) is 0 Å². The summed E-state index contributed by atoms with van der Waals surface area (Å²) in [5.41, 5.74) is 0.873. The van der Waals surface area contributed by atoms with E-state index in [1.165, 1.54) is 0 Å². The summed E-state index contributed by atoms with van der Waals surface area (Å²) in [5.74, 6) is -0.558. The largest absolute Gasteiger partial charge is 0.325 e. The van der Waals surface area contributed by atoms with Crippen LogP contribution in [0, 0.1) is 0 Å². The number of imide groups is 1. The summed E-state index contributed by atoms with van der Waals surface area (Å²) < 4.78 is 22.6. The van der Waals surface area contributed by atoms with Gasteiger partial charge in [0.2, 0.25) is 0 Å². The number of rotatable bonds is 3. The van der Waals surface area contributed by atoms with Crippen LogP contribution in [0.2, 0.25) is 0 Å². The Balaban J connectivity index is 1.94. The van der Waals surface area contributed by atoms with E-state index in [0.29, 0.717) is 6.42 Å². The highest BCUT2D eigenvalue weighted by Crippen LogP contribution is 2.39. The minimum atomic E-state index is -3.24. The first-order valence-corrected chi connectivity index (χ1v) is 9.30. The molecule has 1 heterocycles. The van der Waals surface area contributed by atoms with E-state index in [9.17, 15) is 18.0 Å². The molecule has 1 aromatic carbocycles. The Morgan fingerprint density at radius 1 is 1.27 bits per heavy atom. The maximum Gasteiger partial charge on any atom is 0.325 e. The monoisotopic (exact) mass is 322 g/mol. The highest BCUT2D eigenvalue weighted by atomic mass is 32.2. The van der Waals surface area contributed by atoms with Crippen LogP contribution in [0.25, 0.3) is 0 Å². The van der Waals surface area contributed by atoms with Crippen molar-refractivity contribution >= 4 is 21.8 Å². The zero-order valence-electron chi connectivity index (χ0n) is 12.3. The normalized spacial score (nSPS) is 24.5. The van der Waals surface area contributed by atoms with Crippen molar-refractivity contribution in [3.05, 3.63) is 35.4 Å². The van der Waals surface area contributed by atoms with Gasteiger partial charge < -0.3 is 5.32 Å². The van der Waals surface area contributed by atoms with Gasteiger partial charge in [0.05, 0.1) is 5.75 Å². The molecular weight excluding hydrogens is 304 g/mol. The van der Waals surface area contributed by atoms with E-state index < -0.39 is 21.4 Å². The number of nitrogens with one attached hydrogen (secondary N) is 1. The van der Waals surface area contributed by atoms with Crippen molar-refractivity contribution in [3.63, 3.8) is 0 Å². The number of benzene rings is 1. The lowest BCUT2D eigenvalue weighted by molar-refractivity contribution is -0.132. The Hall–Kier alpha value is -1.89. The van der Waals surface area contributed by atoms with E-state index in [1.807, 2.05) is 24.3 Å². The van der Waals surface area contributed by atoms with E-state index in [-0.39, 0.29) is 18.2 Å². The zero-order chi connectivity index (χ0) is 16.0. The van der Waals surface area contributed by atoms with Crippen LogP contribution in [0.4, 0.5) is 4.79 Å². The standard InChI is InChI=1S/C15H18N2O4S/c1-22(20,21)10-9-17-13(18)15(16-14(17)19)8-4-6-11-5-2-3-7-12(11)15/h2-3,5,7H,4,6,8-10H2,1H3,(H,16,19). The van der Waals surface area contributed by atoms with Gasteiger partial charge >= 0.3 is 6.03 Å². The number of hydrogen-bond acceptors (Lipinski definition) is 4. The Kier molecular flexibility index (Phi) is 3.47. The third-order valence-electron chi connectivity index (χ3n) is 4.34. The Morgan fingerprint density at radius 2 is 2.00 bits per heavy atom. The van der Waals surface area contributed by atoms with Crippen LogP contribution >= 0.6 is 0 Å². The second-order valence-corrected chi connectivity index (χ2v) is 8.19. The summed E-state index contributed by atoms with van der Waals surface area (Å²) in [6, 6.07) is 7.09. The fourth-order valence-electron chi connectivity index (χ4n) is 3.27. The topological polar surface area (TPSA) is 83.6 Å². The molecule has 0 saturated carbocycles.